The summed E-state index contributed by atoms with van der Waals surface area (Å²) in [5.74, 6) is 0.112. The van der Waals surface area contributed by atoms with Crippen LogP contribution in [-0.4, -0.2) is 20.5 Å². The predicted molar refractivity (Wildman–Crippen MR) is 81.8 cm³/mol. The zero-order valence-electron chi connectivity index (χ0n) is 10.8. The van der Waals surface area contributed by atoms with E-state index in [1.54, 1.807) is 24.3 Å². The first kappa shape index (κ1) is 15.9. The molecule has 3 N–H and O–H groups in total. The lowest BCUT2D eigenvalue weighted by Gasteiger charge is -2.33. The normalized spacial score (nSPS) is 15.7. The third kappa shape index (κ3) is 3.66. The molecule has 1 aromatic rings. The van der Waals surface area contributed by atoms with Crippen LogP contribution >= 0.6 is 22.6 Å². The molecule has 1 atom stereocenters. The second-order valence-corrected chi connectivity index (χ2v) is 7.76. The highest BCUT2D eigenvalue weighted by molar-refractivity contribution is 14.1. The van der Waals surface area contributed by atoms with Crippen molar-refractivity contribution in [1.29, 1.82) is 0 Å². The summed E-state index contributed by atoms with van der Waals surface area (Å²) in [4.78, 5) is 0.267. The van der Waals surface area contributed by atoms with Crippen molar-refractivity contribution < 1.29 is 8.42 Å². The fourth-order valence-corrected chi connectivity index (χ4v) is 3.28. The Kier molecular flexibility index (Phi) is 5.16. The predicted octanol–water partition coefficient (Wildman–Crippen LogP) is 1.94. The zero-order chi connectivity index (χ0) is 14.0. The Morgan fingerprint density at radius 2 is 1.83 bits per heavy atom. The molecule has 0 saturated carbocycles. The number of nitrogens with one attached hydrogen (secondary N) is 1. The molecule has 0 bridgehead atoms. The molecule has 0 aliphatic heterocycles. The molecule has 18 heavy (non-hydrogen) atoms. The molecule has 1 unspecified atom stereocenters. The van der Waals surface area contributed by atoms with Gasteiger partial charge in [0.25, 0.3) is 0 Å². The van der Waals surface area contributed by atoms with E-state index < -0.39 is 15.6 Å². The summed E-state index contributed by atoms with van der Waals surface area (Å²) in [6.07, 6.45) is 0. The van der Waals surface area contributed by atoms with Gasteiger partial charge in [-0.05, 0) is 59.7 Å². The Labute approximate surface area is 123 Å². The van der Waals surface area contributed by atoms with Crippen molar-refractivity contribution in [2.24, 2.45) is 11.7 Å². The van der Waals surface area contributed by atoms with Gasteiger partial charge < -0.3 is 5.73 Å². The van der Waals surface area contributed by atoms with Gasteiger partial charge in [-0.3, -0.25) is 0 Å². The van der Waals surface area contributed by atoms with Crippen LogP contribution in [-0.2, 0) is 10.0 Å². The number of sulfonamides is 1. The van der Waals surface area contributed by atoms with E-state index in [4.69, 9.17) is 5.73 Å². The van der Waals surface area contributed by atoms with Crippen LogP contribution < -0.4 is 10.5 Å². The van der Waals surface area contributed by atoms with Gasteiger partial charge in [-0.2, -0.15) is 0 Å². The van der Waals surface area contributed by atoms with Gasteiger partial charge in [0.2, 0.25) is 10.0 Å². The fraction of sp³-hybridized carbons (Fsp3) is 0.500. The highest BCUT2D eigenvalue weighted by atomic mass is 127. The third-order valence-electron chi connectivity index (χ3n) is 3.19. The molecule has 102 valence electrons. The maximum Gasteiger partial charge on any atom is 0.241 e. The van der Waals surface area contributed by atoms with E-state index in [0.29, 0.717) is 0 Å². The molecule has 1 rings (SSSR count). The summed E-state index contributed by atoms with van der Waals surface area (Å²) in [6.45, 7) is 5.98. The maximum atomic E-state index is 12.3. The summed E-state index contributed by atoms with van der Waals surface area (Å²) in [5, 5.41) is 0. The number of benzene rings is 1. The number of hydrogen-bond donors (Lipinski definition) is 2. The van der Waals surface area contributed by atoms with E-state index in [2.05, 4.69) is 27.3 Å². The molecule has 0 saturated heterocycles. The van der Waals surface area contributed by atoms with Gasteiger partial charge in [0.15, 0.2) is 0 Å². The Bertz CT molecular complexity index is 499. The Morgan fingerprint density at radius 3 is 2.22 bits per heavy atom. The van der Waals surface area contributed by atoms with Gasteiger partial charge in [-0.15, -0.1) is 0 Å². The number of hydrogen-bond acceptors (Lipinski definition) is 3. The fourth-order valence-electron chi connectivity index (χ4n) is 1.37. The summed E-state index contributed by atoms with van der Waals surface area (Å²) >= 11 is 2.14. The Morgan fingerprint density at radius 1 is 1.33 bits per heavy atom. The van der Waals surface area contributed by atoms with Crippen molar-refractivity contribution >= 4 is 32.6 Å². The number of rotatable bonds is 5. The highest BCUT2D eigenvalue weighted by Crippen LogP contribution is 2.20. The van der Waals surface area contributed by atoms with E-state index in [0.717, 1.165) is 3.57 Å². The molecular weight excluding hydrogens is 363 g/mol. The SMILES string of the molecule is CC(C)C(C)(CN)NS(=O)(=O)c1ccc(I)cc1. The van der Waals surface area contributed by atoms with Crippen molar-refractivity contribution in [1.82, 2.24) is 4.72 Å². The lowest BCUT2D eigenvalue weighted by atomic mass is 9.90. The lowest BCUT2D eigenvalue weighted by Crippen LogP contribution is -2.54. The summed E-state index contributed by atoms with van der Waals surface area (Å²) in [5.41, 5.74) is 5.05. The van der Waals surface area contributed by atoms with E-state index in [-0.39, 0.29) is 17.4 Å². The van der Waals surface area contributed by atoms with Gasteiger partial charge in [0.1, 0.15) is 0 Å². The van der Waals surface area contributed by atoms with Gasteiger partial charge in [0, 0.05) is 15.7 Å². The molecule has 0 aromatic heterocycles. The number of nitrogens with two attached hydrogens (primary N) is 1. The molecule has 0 aliphatic rings. The van der Waals surface area contributed by atoms with Crippen LogP contribution in [0.3, 0.4) is 0 Å². The molecule has 0 heterocycles. The third-order valence-corrected chi connectivity index (χ3v) is 5.54. The van der Waals surface area contributed by atoms with Crippen LogP contribution in [0.15, 0.2) is 29.2 Å². The zero-order valence-corrected chi connectivity index (χ0v) is 13.7. The van der Waals surface area contributed by atoms with E-state index >= 15 is 0 Å². The highest BCUT2D eigenvalue weighted by Gasteiger charge is 2.32. The quantitative estimate of drug-likeness (QED) is 0.765. The second kappa shape index (κ2) is 5.85. The van der Waals surface area contributed by atoms with Crippen LogP contribution in [0.25, 0.3) is 0 Å². The summed E-state index contributed by atoms with van der Waals surface area (Å²) in [7, 11) is -3.53. The first-order valence-corrected chi connectivity index (χ1v) is 8.27. The lowest BCUT2D eigenvalue weighted by molar-refractivity contribution is 0.315. The average molecular weight is 382 g/mol. The molecule has 0 radical (unpaired) electrons. The van der Waals surface area contributed by atoms with Crippen molar-refractivity contribution in [3.63, 3.8) is 0 Å². The Hall–Kier alpha value is -0.180. The minimum atomic E-state index is -3.53. The van der Waals surface area contributed by atoms with Crippen LogP contribution in [0.4, 0.5) is 0 Å². The topological polar surface area (TPSA) is 72.2 Å². The molecule has 1 aromatic carbocycles. The van der Waals surface area contributed by atoms with Crippen LogP contribution in [0.5, 0.6) is 0 Å². The minimum Gasteiger partial charge on any atom is -0.329 e. The van der Waals surface area contributed by atoms with E-state index in [1.807, 2.05) is 20.8 Å². The molecule has 0 amide bonds. The van der Waals surface area contributed by atoms with Crippen LogP contribution in [0.1, 0.15) is 20.8 Å². The first-order chi connectivity index (χ1) is 8.21. The van der Waals surface area contributed by atoms with Crippen LogP contribution in [0.2, 0.25) is 0 Å². The van der Waals surface area contributed by atoms with Crippen molar-refractivity contribution in [2.45, 2.75) is 31.2 Å². The van der Waals surface area contributed by atoms with Gasteiger partial charge in [-0.1, -0.05) is 13.8 Å². The smallest absolute Gasteiger partial charge is 0.241 e. The van der Waals surface area contributed by atoms with Gasteiger partial charge in [-0.25, -0.2) is 13.1 Å². The summed E-state index contributed by atoms with van der Waals surface area (Å²) in [6, 6.07) is 6.73. The van der Waals surface area contributed by atoms with Gasteiger partial charge >= 0.3 is 0 Å². The van der Waals surface area contributed by atoms with E-state index in [9.17, 15) is 8.42 Å². The molecule has 0 spiro atoms. The largest absolute Gasteiger partial charge is 0.329 e. The van der Waals surface area contributed by atoms with Crippen molar-refractivity contribution in [3.8, 4) is 0 Å². The minimum absolute atomic E-state index is 0.112. The first-order valence-electron chi connectivity index (χ1n) is 5.71. The average Bonchev–Trinajstić information content (AvgIpc) is 2.28. The van der Waals surface area contributed by atoms with Gasteiger partial charge in [0.05, 0.1) is 4.90 Å². The van der Waals surface area contributed by atoms with E-state index in [1.165, 1.54) is 0 Å². The van der Waals surface area contributed by atoms with Crippen LogP contribution in [0, 0.1) is 9.49 Å². The number of halogens is 1. The van der Waals surface area contributed by atoms with Crippen molar-refractivity contribution in [2.75, 3.05) is 6.54 Å². The molecule has 0 fully saturated rings. The maximum absolute atomic E-state index is 12.3. The molecule has 0 aliphatic carbocycles. The molecular formula is C12H19IN2O2S. The second-order valence-electron chi connectivity index (χ2n) is 4.84. The van der Waals surface area contributed by atoms with Crippen molar-refractivity contribution in [3.05, 3.63) is 27.8 Å². The monoisotopic (exact) mass is 382 g/mol. The molecule has 4 nitrogen and oxygen atoms in total. The Balaban J connectivity index is 3.05. The molecule has 6 heteroatoms. The summed E-state index contributed by atoms with van der Waals surface area (Å²) < 4.78 is 28.2. The standard InChI is InChI=1S/C12H19IN2O2S/c1-9(2)12(3,8-14)15-18(16,17)11-6-4-10(13)5-7-11/h4-7,9,15H,8,14H2,1-3H3.